The van der Waals surface area contributed by atoms with Crippen molar-refractivity contribution in [3.05, 3.63) is 47.6 Å². The predicted octanol–water partition coefficient (Wildman–Crippen LogP) is 7.21. The normalized spacial score (nSPS) is 38.4. The van der Waals surface area contributed by atoms with Gasteiger partial charge in [-0.05, 0) is 101 Å². The summed E-state index contributed by atoms with van der Waals surface area (Å²) >= 11 is 0. The monoisotopic (exact) mass is 898 g/mol. The molecule has 0 spiro atoms. The molecule has 0 aromatic carbocycles. The Morgan fingerprint density at radius 1 is 0.844 bits per heavy atom. The van der Waals surface area contributed by atoms with Gasteiger partial charge in [-0.15, -0.1) is 0 Å². The van der Waals surface area contributed by atoms with Crippen LogP contribution in [0, 0.1) is 35.5 Å². The minimum Gasteiger partial charge on any atom is -0.460 e. The molecule has 4 aliphatic rings. The summed E-state index contributed by atoms with van der Waals surface area (Å²) in [6.07, 6.45) is 14.3. The third kappa shape index (κ3) is 14.3. The zero-order chi connectivity index (χ0) is 47.3. The van der Waals surface area contributed by atoms with E-state index in [1.54, 1.807) is 28.1 Å². The number of allylic oxidation sites excluding steroid dienone is 6. The average Bonchev–Trinajstić information content (AvgIpc) is 3.27. The zero-order valence-electron chi connectivity index (χ0n) is 40.3. The van der Waals surface area contributed by atoms with Gasteiger partial charge in [0.25, 0.3) is 11.7 Å². The highest BCUT2D eigenvalue weighted by Crippen LogP contribution is 2.38. The van der Waals surface area contributed by atoms with Crippen LogP contribution in [0.25, 0.3) is 0 Å². The lowest BCUT2D eigenvalue weighted by Gasteiger charge is -2.42. The van der Waals surface area contributed by atoms with Gasteiger partial charge in [-0.1, -0.05) is 76.6 Å². The third-order valence-electron chi connectivity index (χ3n) is 14.3. The van der Waals surface area contributed by atoms with Gasteiger partial charge in [0, 0.05) is 64.9 Å². The summed E-state index contributed by atoms with van der Waals surface area (Å²) < 4.78 is 29.6. The van der Waals surface area contributed by atoms with E-state index in [1.165, 1.54) is 12.0 Å². The van der Waals surface area contributed by atoms with Gasteiger partial charge in [0.1, 0.15) is 24.0 Å². The van der Waals surface area contributed by atoms with E-state index in [9.17, 15) is 34.2 Å². The molecule has 3 aliphatic heterocycles. The smallest absolute Gasteiger partial charge is 0.329 e. The number of amides is 1. The van der Waals surface area contributed by atoms with Crippen LogP contribution in [0.2, 0.25) is 0 Å². The van der Waals surface area contributed by atoms with Crippen molar-refractivity contribution in [2.24, 2.45) is 35.5 Å². The second-order valence-electron chi connectivity index (χ2n) is 19.5. The van der Waals surface area contributed by atoms with E-state index in [0.29, 0.717) is 64.2 Å². The lowest BCUT2D eigenvalue weighted by Crippen LogP contribution is -2.61. The molecule has 1 saturated carbocycles. The molecule has 1 aliphatic carbocycles. The molecule has 0 aromatic rings. The Balaban J connectivity index is 1.68. The second-order valence-corrected chi connectivity index (χ2v) is 19.5. The van der Waals surface area contributed by atoms with Gasteiger partial charge < -0.3 is 38.8 Å². The molecule has 14 atom stereocenters. The van der Waals surface area contributed by atoms with Gasteiger partial charge in [0.15, 0.2) is 5.78 Å². The van der Waals surface area contributed by atoms with Crippen molar-refractivity contribution in [1.29, 1.82) is 0 Å². The third-order valence-corrected chi connectivity index (χ3v) is 14.3. The van der Waals surface area contributed by atoms with E-state index in [0.717, 1.165) is 17.6 Å². The number of rotatable bonds is 6. The van der Waals surface area contributed by atoms with E-state index < -0.39 is 71.8 Å². The first-order chi connectivity index (χ1) is 30.3. The summed E-state index contributed by atoms with van der Waals surface area (Å²) in [5, 5.41) is 22.4. The first-order valence-corrected chi connectivity index (χ1v) is 23.8. The highest BCUT2D eigenvalue weighted by atomic mass is 16.6. The Hall–Kier alpha value is -3.33. The summed E-state index contributed by atoms with van der Waals surface area (Å²) in [6.45, 7) is 13.3. The van der Waals surface area contributed by atoms with Crippen molar-refractivity contribution >= 4 is 29.2 Å². The molecule has 3 heterocycles. The number of ether oxygens (including phenoxy) is 5. The van der Waals surface area contributed by atoms with Gasteiger partial charge in [-0.2, -0.15) is 0 Å². The van der Waals surface area contributed by atoms with Gasteiger partial charge in [-0.25, -0.2) is 4.79 Å². The summed E-state index contributed by atoms with van der Waals surface area (Å²) in [5.74, 6) is -6.93. The Bertz CT molecular complexity index is 1720. The summed E-state index contributed by atoms with van der Waals surface area (Å²) in [6, 6.07) is -1.10. The number of hydrogen-bond acceptors (Lipinski definition) is 12. The number of methoxy groups -OCH3 is 3. The number of ketones is 3. The molecule has 2 bridgehead atoms. The maximum atomic E-state index is 14.4. The number of cyclic esters (lactones) is 1. The first-order valence-electron chi connectivity index (χ1n) is 23.8. The van der Waals surface area contributed by atoms with Crippen molar-refractivity contribution in [3.8, 4) is 0 Å². The molecule has 1 amide bonds. The van der Waals surface area contributed by atoms with Crippen LogP contribution in [-0.4, -0.2) is 121 Å². The fourth-order valence-corrected chi connectivity index (χ4v) is 10.1. The van der Waals surface area contributed by atoms with Gasteiger partial charge in [0.2, 0.25) is 5.79 Å². The standard InChI is InChI=1S/C51H79NO12/c1-31-16-12-11-13-17-33(3)43(60-8)29-39-21-19-37(7)51(59,64-39)48(56)49(57)52-23-15-14-18-40(52)50(58)63-44(35(5)27-38-20-22-41(53)45(28-38)61-9)30-42(54)34(4)25-32(2)26-46(62-10)47(55)36(6)24-31/h11-13,16-17,25,31,34-41,43-46,53,59H,14-15,18-24,26-30H2,1-10H3/b13-11?,16-12+,32-25+,33-17?/t31-,34-,35-,36-,37-,38+,39+,40+,41-,43+,44+,45-,46-,51-/m1/s1. The number of aliphatic hydroxyl groups excluding tert-OH is 1. The number of fused-ring (bicyclic) bond motifs is 3. The lowest BCUT2D eigenvalue weighted by atomic mass is 9.78. The Morgan fingerprint density at radius 3 is 2.25 bits per heavy atom. The summed E-state index contributed by atoms with van der Waals surface area (Å²) in [5.41, 5.74) is 1.73. The van der Waals surface area contributed by atoms with Gasteiger partial charge >= 0.3 is 5.97 Å². The van der Waals surface area contributed by atoms with Gasteiger partial charge in [0.05, 0.1) is 24.4 Å². The maximum Gasteiger partial charge on any atom is 0.329 e. The average molecular weight is 898 g/mol. The van der Waals surface area contributed by atoms with E-state index in [4.69, 9.17) is 23.7 Å². The molecule has 0 aromatic heterocycles. The first kappa shape index (κ1) is 53.3. The van der Waals surface area contributed by atoms with Crippen molar-refractivity contribution in [2.45, 2.75) is 180 Å². The Labute approximate surface area is 382 Å². The fourth-order valence-electron chi connectivity index (χ4n) is 10.1. The molecule has 3 fully saturated rings. The van der Waals surface area contributed by atoms with Crippen molar-refractivity contribution in [3.63, 3.8) is 0 Å². The molecule has 360 valence electrons. The van der Waals surface area contributed by atoms with Crippen LogP contribution in [0.3, 0.4) is 0 Å². The van der Waals surface area contributed by atoms with Crippen molar-refractivity contribution in [2.75, 3.05) is 27.9 Å². The van der Waals surface area contributed by atoms with E-state index in [2.05, 4.69) is 13.0 Å². The number of carbonyl (C=O) groups is 5. The van der Waals surface area contributed by atoms with Crippen LogP contribution < -0.4 is 0 Å². The SMILES string of the molecule is CO[C@H]1C[C@@H]2CC[C@@H](C)[C@@](O)(O2)C(=O)C(=O)N2CCCC[C@H]2C(=O)O[C@H]([C@H](C)C[C@@H]2CC[C@@H](O)[C@H](OC)C2)CC(=O)[C@H](C)/C=C(\C)C[C@@H](OC)C(=O)[C@H](C)C[C@H](C)/C=C/C=CC=C1C. The van der Waals surface area contributed by atoms with Crippen LogP contribution >= 0.6 is 0 Å². The predicted molar refractivity (Wildman–Crippen MR) is 244 cm³/mol. The van der Waals surface area contributed by atoms with E-state index in [-0.39, 0.29) is 60.7 Å². The minimum absolute atomic E-state index is 0.00308. The highest BCUT2D eigenvalue weighted by Gasteiger charge is 2.53. The number of nitrogens with zero attached hydrogens (tertiary/aromatic N) is 1. The Morgan fingerprint density at radius 2 is 1.56 bits per heavy atom. The molecule has 64 heavy (non-hydrogen) atoms. The zero-order valence-corrected chi connectivity index (χ0v) is 40.3. The van der Waals surface area contributed by atoms with Crippen LogP contribution in [0.5, 0.6) is 0 Å². The fraction of sp³-hybridized carbons (Fsp3) is 0.745. The topological polar surface area (TPSA) is 175 Å². The molecule has 0 unspecified atom stereocenters. The Kier molecular flexibility index (Phi) is 20.8. The molecule has 13 nitrogen and oxygen atoms in total. The number of carbonyl (C=O) groups excluding carboxylic acids is 5. The summed E-state index contributed by atoms with van der Waals surface area (Å²) in [7, 11) is 4.70. The second kappa shape index (κ2) is 25.0. The molecule has 0 radical (unpaired) electrons. The van der Waals surface area contributed by atoms with E-state index in [1.807, 2.05) is 58.1 Å². The van der Waals surface area contributed by atoms with Crippen LogP contribution in [0.1, 0.15) is 132 Å². The molecule has 2 saturated heterocycles. The molecular weight excluding hydrogens is 819 g/mol. The molecule has 4 rings (SSSR count). The molecular formula is C51H79NO12. The highest BCUT2D eigenvalue weighted by molar-refractivity contribution is 6.39. The number of esters is 1. The molecule has 13 heteroatoms. The van der Waals surface area contributed by atoms with Crippen molar-refractivity contribution < 1.29 is 57.9 Å². The largest absolute Gasteiger partial charge is 0.460 e. The lowest BCUT2D eigenvalue weighted by molar-refractivity contribution is -0.265. The number of piperidine rings is 1. The summed E-state index contributed by atoms with van der Waals surface area (Å²) in [4.78, 5) is 71.7. The van der Waals surface area contributed by atoms with Gasteiger partial charge in [-0.3, -0.25) is 19.2 Å². The minimum atomic E-state index is -2.41. The molecule has 2 N–H and O–H groups in total. The number of hydrogen-bond donors (Lipinski definition) is 2. The van der Waals surface area contributed by atoms with Crippen molar-refractivity contribution in [1.82, 2.24) is 4.90 Å². The number of Topliss-reactive ketones (excluding diaryl/α,β-unsaturated/α-hetero) is 3. The maximum absolute atomic E-state index is 14.4. The van der Waals surface area contributed by atoms with Crippen LogP contribution in [0.4, 0.5) is 0 Å². The van der Waals surface area contributed by atoms with Crippen LogP contribution in [0.15, 0.2) is 47.6 Å². The van der Waals surface area contributed by atoms with Crippen LogP contribution in [-0.2, 0) is 47.7 Å². The quantitative estimate of drug-likeness (QED) is 0.156. The number of aliphatic hydroxyl groups is 2. The van der Waals surface area contributed by atoms with E-state index >= 15 is 0 Å².